The number of hydrogen-bond acceptors (Lipinski definition) is 3. The van der Waals surface area contributed by atoms with E-state index in [1.54, 1.807) is 0 Å². The molecule has 0 aliphatic carbocycles. The Bertz CT molecular complexity index is 129. The molecule has 0 rings (SSSR count). The van der Waals surface area contributed by atoms with E-state index in [1.807, 2.05) is 43.8 Å². The standard InChI is InChI=1S/C8H17N3/c1-4-10-6-8-11(3)7-5-9-2/h5-10H,4H2,1-3H3/b7-5-,8-6-. The van der Waals surface area contributed by atoms with Crippen molar-refractivity contribution < 1.29 is 0 Å². The molecular weight excluding hydrogens is 138 g/mol. The van der Waals surface area contributed by atoms with Crippen LogP contribution in [0.1, 0.15) is 6.92 Å². The molecule has 0 spiro atoms. The lowest BCUT2D eigenvalue weighted by Crippen LogP contribution is -2.07. The molecule has 0 aromatic rings. The van der Waals surface area contributed by atoms with Gasteiger partial charge in [0, 0.05) is 45.4 Å². The van der Waals surface area contributed by atoms with Crippen LogP contribution in [0, 0.1) is 0 Å². The van der Waals surface area contributed by atoms with Gasteiger partial charge in [0.25, 0.3) is 0 Å². The SMILES string of the molecule is CCN/C=C\N(C)/C=C\NC. The van der Waals surface area contributed by atoms with Crippen LogP contribution in [-0.4, -0.2) is 25.5 Å². The number of nitrogens with zero attached hydrogens (tertiary/aromatic N) is 1. The van der Waals surface area contributed by atoms with Crippen molar-refractivity contribution in [2.75, 3.05) is 20.6 Å². The van der Waals surface area contributed by atoms with Crippen LogP contribution < -0.4 is 10.6 Å². The lowest BCUT2D eigenvalue weighted by Gasteiger charge is -2.06. The molecule has 64 valence electrons. The summed E-state index contributed by atoms with van der Waals surface area (Å²) in [6, 6.07) is 0. The van der Waals surface area contributed by atoms with Gasteiger partial charge in [-0.3, -0.25) is 0 Å². The predicted octanol–water partition coefficient (Wildman–Crippen LogP) is 0.690. The van der Waals surface area contributed by atoms with Gasteiger partial charge in [0.2, 0.25) is 0 Å². The largest absolute Gasteiger partial charge is 0.393 e. The van der Waals surface area contributed by atoms with Crippen molar-refractivity contribution in [3.8, 4) is 0 Å². The maximum Gasteiger partial charge on any atom is 0.0189 e. The lowest BCUT2D eigenvalue weighted by atomic mass is 10.7. The molecule has 0 saturated heterocycles. The first-order chi connectivity index (χ1) is 5.31. The van der Waals surface area contributed by atoms with Crippen molar-refractivity contribution in [1.82, 2.24) is 15.5 Å². The first-order valence-electron chi connectivity index (χ1n) is 3.77. The van der Waals surface area contributed by atoms with E-state index in [0.29, 0.717) is 0 Å². The Kier molecular flexibility index (Phi) is 6.28. The van der Waals surface area contributed by atoms with Gasteiger partial charge in [-0.15, -0.1) is 0 Å². The van der Waals surface area contributed by atoms with Crippen molar-refractivity contribution in [3.05, 3.63) is 24.8 Å². The molecule has 0 aliphatic rings. The summed E-state index contributed by atoms with van der Waals surface area (Å²) in [5, 5.41) is 5.99. The van der Waals surface area contributed by atoms with E-state index in [9.17, 15) is 0 Å². The first-order valence-corrected chi connectivity index (χ1v) is 3.77. The van der Waals surface area contributed by atoms with Gasteiger partial charge in [-0.05, 0) is 6.92 Å². The van der Waals surface area contributed by atoms with E-state index < -0.39 is 0 Å². The molecule has 0 aliphatic heterocycles. The molecular formula is C8H17N3. The highest BCUT2D eigenvalue weighted by Gasteiger charge is 1.78. The van der Waals surface area contributed by atoms with E-state index in [4.69, 9.17) is 0 Å². The van der Waals surface area contributed by atoms with Crippen molar-refractivity contribution >= 4 is 0 Å². The smallest absolute Gasteiger partial charge is 0.0189 e. The molecule has 0 saturated carbocycles. The summed E-state index contributed by atoms with van der Waals surface area (Å²) in [5.74, 6) is 0. The number of rotatable bonds is 5. The highest BCUT2D eigenvalue weighted by Crippen LogP contribution is 1.82. The second kappa shape index (κ2) is 6.99. The Hall–Kier alpha value is -1.12. The molecule has 0 unspecified atom stereocenters. The van der Waals surface area contributed by atoms with E-state index in [0.717, 1.165) is 6.54 Å². The van der Waals surface area contributed by atoms with Gasteiger partial charge >= 0.3 is 0 Å². The van der Waals surface area contributed by atoms with Crippen LogP contribution in [0.15, 0.2) is 24.8 Å². The third kappa shape index (κ3) is 6.77. The minimum Gasteiger partial charge on any atom is -0.393 e. The lowest BCUT2D eigenvalue weighted by molar-refractivity contribution is 0.614. The van der Waals surface area contributed by atoms with Gasteiger partial charge in [-0.25, -0.2) is 0 Å². The van der Waals surface area contributed by atoms with Crippen LogP contribution >= 0.6 is 0 Å². The zero-order chi connectivity index (χ0) is 8.53. The summed E-state index contributed by atoms with van der Waals surface area (Å²) in [4.78, 5) is 1.96. The molecule has 0 amide bonds. The third-order valence-corrected chi connectivity index (χ3v) is 1.11. The average molecular weight is 155 g/mol. The van der Waals surface area contributed by atoms with Crippen LogP contribution in [0.25, 0.3) is 0 Å². The third-order valence-electron chi connectivity index (χ3n) is 1.11. The molecule has 0 fully saturated rings. The Labute approximate surface area is 68.8 Å². The molecule has 0 atom stereocenters. The van der Waals surface area contributed by atoms with Crippen LogP contribution in [0.4, 0.5) is 0 Å². The highest BCUT2D eigenvalue weighted by molar-refractivity contribution is 4.87. The summed E-state index contributed by atoms with van der Waals surface area (Å²) < 4.78 is 0. The van der Waals surface area contributed by atoms with Crippen molar-refractivity contribution in [2.45, 2.75) is 6.92 Å². The summed E-state index contributed by atoms with van der Waals surface area (Å²) >= 11 is 0. The van der Waals surface area contributed by atoms with E-state index in [2.05, 4.69) is 17.6 Å². The van der Waals surface area contributed by atoms with Crippen LogP contribution in [0.5, 0.6) is 0 Å². The van der Waals surface area contributed by atoms with Gasteiger partial charge in [-0.2, -0.15) is 0 Å². The van der Waals surface area contributed by atoms with Crippen molar-refractivity contribution in [1.29, 1.82) is 0 Å². The van der Waals surface area contributed by atoms with Gasteiger partial charge < -0.3 is 15.5 Å². The molecule has 0 aromatic carbocycles. The van der Waals surface area contributed by atoms with E-state index >= 15 is 0 Å². The molecule has 0 bridgehead atoms. The molecule has 11 heavy (non-hydrogen) atoms. The minimum absolute atomic E-state index is 0.958. The van der Waals surface area contributed by atoms with Crippen LogP contribution in [0.3, 0.4) is 0 Å². The first kappa shape index (κ1) is 9.88. The second-order valence-electron chi connectivity index (χ2n) is 2.14. The molecule has 0 aromatic heterocycles. The maximum atomic E-state index is 3.08. The Morgan fingerprint density at radius 3 is 2.45 bits per heavy atom. The second-order valence-corrected chi connectivity index (χ2v) is 2.14. The Balaban J connectivity index is 3.50. The molecule has 0 radical (unpaired) electrons. The van der Waals surface area contributed by atoms with Gasteiger partial charge in [0.1, 0.15) is 0 Å². The van der Waals surface area contributed by atoms with Gasteiger partial charge in [0.15, 0.2) is 0 Å². The van der Waals surface area contributed by atoms with E-state index in [-0.39, 0.29) is 0 Å². The van der Waals surface area contributed by atoms with Gasteiger partial charge in [-0.1, -0.05) is 0 Å². The summed E-state index contributed by atoms with van der Waals surface area (Å²) in [6.45, 7) is 3.02. The fourth-order valence-corrected chi connectivity index (χ4v) is 0.530. The minimum atomic E-state index is 0.958. The van der Waals surface area contributed by atoms with Crippen LogP contribution in [-0.2, 0) is 0 Å². The predicted molar refractivity (Wildman–Crippen MR) is 48.8 cm³/mol. The highest BCUT2D eigenvalue weighted by atomic mass is 15.1. The molecule has 3 nitrogen and oxygen atoms in total. The average Bonchev–Trinajstić information content (AvgIpc) is 2.01. The molecule has 3 heteroatoms. The fourth-order valence-electron chi connectivity index (χ4n) is 0.530. The fraction of sp³-hybridized carbons (Fsp3) is 0.500. The maximum absolute atomic E-state index is 3.08. The van der Waals surface area contributed by atoms with Crippen LogP contribution in [0.2, 0.25) is 0 Å². The summed E-state index contributed by atoms with van der Waals surface area (Å²) in [6.07, 6.45) is 7.68. The number of hydrogen-bond donors (Lipinski definition) is 2. The topological polar surface area (TPSA) is 27.3 Å². The summed E-state index contributed by atoms with van der Waals surface area (Å²) in [7, 11) is 3.85. The number of nitrogens with one attached hydrogen (secondary N) is 2. The van der Waals surface area contributed by atoms with Gasteiger partial charge in [0.05, 0.1) is 0 Å². The Morgan fingerprint density at radius 1 is 1.27 bits per heavy atom. The normalized spacial score (nSPS) is 10.8. The van der Waals surface area contributed by atoms with Crippen molar-refractivity contribution in [2.24, 2.45) is 0 Å². The molecule has 0 heterocycles. The quantitative estimate of drug-likeness (QED) is 0.611. The van der Waals surface area contributed by atoms with E-state index in [1.165, 1.54) is 0 Å². The molecule has 2 N–H and O–H groups in total. The zero-order valence-corrected chi connectivity index (χ0v) is 7.46. The Morgan fingerprint density at radius 2 is 1.91 bits per heavy atom. The van der Waals surface area contributed by atoms with Crippen molar-refractivity contribution in [3.63, 3.8) is 0 Å². The summed E-state index contributed by atoms with van der Waals surface area (Å²) in [5.41, 5.74) is 0. The monoisotopic (exact) mass is 155 g/mol. The zero-order valence-electron chi connectivity index (χ0n) is 7.46.